The number of benzene rings is 1. The summed E-state index contributed by atoms with van der Waals surface area (Å²) in [6.45, 7) is 5.49. The van der Waals surface area contributed by atoms with E-state index in [1.165, 1.54) is 6.07 Å². The van der Waals surface area contributed by atoms with Gasteiger partial charge in [-0.15, -0.1) is 0 Å². The first-order valence-corrected chi connectivity index (χ1v) is 8.32. The van der Waals surface area contributed by atoms with Crippen LogP contribution in [0.15, 0.2) is 24.3 Å². The Morgan fingerprint density at radius 2 is 2.09 bits per heavy atom. The fraction of sp³-hybridized carbons (Fsp3) is 0.611. The monoisotopic (exact) mass is 306 g/mol. The van der Waals surface area contributed by atoms with Crippen LogP contribution in [-0.2, 0) is 11.2 Å². The van der Waals surface area contributed by atoms with E-state index in [0.717, 1.165) is 37.8 Å². The normalized spacial score (nSPS) is 22.1. The average Bonchev–Trinajstić information content (AvgIpc) is 2.47. The number of piperidine rings is 1. The number of nitrogens with two attached hydrogens (primary N) is 1. The topological polar surface area (TPSA) is 46.3 Å². The van der Waals surface area contributed by atoms with Gasteiger partial charge < -0.3 is 10.6 Å². The molecule has 0 aliphatic carbocycles. The van der Waals surface area contributed by atoms with Crippen LogP contribution in [0, 0.1) is 17.7 Å². The average molecular weight is 306 g/mol. The molecule has 1 aliphatic rings. The van der Waals surface area contributed by atoms with Crippen molar-refractivity contribution in [3.8, 4) is 0 Å². The quantitative estimate of drug-likeness (QED) is 0.909. The second-order valence-corrected chi connectivity index (χ2v) is 6.45. The third kappa shape index (κ3) is 4.29. The van der Waals surface area contributed by atoms with E-state index in [2.05, 4.69) is 13.8 Å². The molecule has 122 valence electrons. The molecule has 2 atom stereocenters. The van der Waals surface area contributed by atoms with Gasteiger partial charge in [0.1, 0.15) is 5.82 Å². The molecule has 0 aromatic heterocycles. The predicted molar refractivity (Wildman–Crippen MR) is 86.8 cm³/mol. The van der Waals surface area contributed by atoms with Gasteiger partial charge in [0, 0.05) is 25.0 Å². The summed E-state index contributed by atoms with van der Waals surface area (Å²) in [5, 5.41) is 0. The molecule has 0 spiro atoms. The smallest absolute Gasteiger partial charge is 0.225 e. The van der Waals surface area contributed by atoms with Crippen molar-refractivity contribution in [2.24, 2.45) is 17.6 Å². The van der Waals surface area contributed by atoms with Crippen molar-refractivity contribution < 1.29 is 9.18 Å². The molecule has 2 rings (SSSR count). The van der Waals surface area contributed by atoms with Crippen LogP contribution >= 0.6 is 0 Å². The largest absolute Gasteiger partial charge is 0.341 e. The Morgan fingerprint density at radius 3 is 2.73 bits per heavy atom. The number of carbonyl (C=O) groups excluding carboxylic acids is 1. The highest BCUT2D eigenvalue weighted by Crippen LogP contribution is 2.23. The highest BCUT2D eigenvalue weighted by atomic mass is 19.1. The molecule has 1 fully saturated rings. The highest BCUT2D eigenvalue weighted by molar-refractivity contribution is 5.79. The maximum Gasteiger partial charge on any atom is 0.225 e. The lowest BCUT2D eigenvalue weighted by Gasteiger charge is -2.38. The Kier molecular flexibility index (Phi) is 5.95. The molecular formula is C18H27FN2O. The molecule has 1 aliphatic heterocycles. The molecule has 22 heavy (non-hydrogen) atoms. The second kappa shape index (κ2) is 7.73. The minimum absolute atomic E-state index is 0.0191. The van der Waals surface area contributed by atoms with E-state index in [4.69, 9.17) is 5.73 Å². The summed E-state index contributed by atoms with van der Waals surface area (Å²) in [4.78, 5) is 14.5. The van der Waals surface area contributed by atoms with Crippen molar-refractivity contribution in [2.75, 3.05) is 13.1 Å². The van der Waals surface area contributed by atoms with Crippen LogP contribution in [0.1, 0.15) is 38.7 Å². The SMILES string of the molecule is CCC(CC)C(=O)N1CC(N)CC(Cc2cccc(F)c2)C1. The molecular weight excluding hydrogens is 279 g/mol. The number of hydrogen-bond donors (Lipinski definition) is 1. The summed E-state index contributed by atoms with van der Waals surface area (Å²) in [6.07, 6.45) is 3.41. The molecule has 2 unspecified atom stereocenters. The molecule has 0 saturated carbocycles. The molecule has 0 bridgehead atoms. The Hall–Kier alpha value is -1.42. The summed E-state index contributed by atoms with van der Waals surface area (Å²) in [5.74, 6) is 0.427. The van der Waals surface area contributed by atoms with Gasteiger partial charge in [0.25, 0.3) is 0 Å². The summed E-state index contributed by atoms with van der Waals surface area (Å²) in [7, 11) is 0. The minimum Gasteiger partial charge on any atom is -0.341 e. The molecule has 0 radical (unpaired) electrons. The minimum atomic E-state index is -0.206. The second-order valence-electron chi connectivity index (χ2n) is 6.45. The van der Waals surface area contributed by atoms with Crippen LogP contribution in [0.4, 0.5) is 4.39 Å². The van der Waals surface area contributed by atoms with Crippen molar-refractivity contribution in [3.63, 3.8) is 0 Å². The molecule has 4 heteroatoms. The molecule has 1 aromatic rings. The molecule has 1 saturated heterocycles. The van der Waals surface area contributed by atoms with Crippen molar-refractivity contribution >= 4 is 5.91 Å². The Labute approximate surface area is 132 Å². The number of nitrogens with zero attached hydrogens (tertiary/aromatic N) is 1. The first-order valence-electron chi connectivity index (χ1n) is 8.32. The lowest BCUT2D eigenvalue weighted by atomic mass is 9.88. The number of rotatable bonds is 5. The third-order valence-corrected chi connectivity index (χ3v) is 4.63. The Morgan fingerprint density at radius 1 is 1.36 bits per heavy atom. The Bertz CT molecular complexity index is 502. The Balaban J connectivity index is 2.03. The highest BCUT2D eigenvalue weighted by Gasteiger charge is 2.30. The summed E-state index contributed by atoms with van der Waals surface area (Å²) in [6, 6.07) is 6.73. The van der Waals surface area contributed by atoms with Gasteiger partial charge in [-0.25, -0.2) is 4.39 Å². The maximum atomic E-state index is 13.3. The van der Waals surface area contributed by atoms with Crippen LogP contribution in [0.2, 0.25) is 0 Å². The lowest BCUT2D eigenvalue weighted by molar-refractivity contribution is -0.138. The summed E-state index contributed by atoms with van der Waals surface area (Å²) >= 11 is 0. The van der Waals surface area contributed by atoms with E-state index in [-0.39, 0.29) is 23.7 Å². The number of likely N-dealkylation sites (tertiary alicyclic amines) is 1. The number of amides is 1. The zero-order valence-corrected chi connectivity index (χ0v) is 13.6. The van der Waals surface area contributed by atoms with Gasteiger partial charge in [0.15, 0.2) is 0 Å². The van der Waals surface area contributed by atoms with Crippen LogP contribution in [0.3, 0.4) is 0 Å². The van der Waals surface area contributed by atoms with Gasteiger partial charge in [-0.05, 0) is 49.3 Å². The van der Waals surface area contributed by atoms with E-state index in [9.17, 15) is 9.18 Å². The molecule has 1 amide bonds. The van der Waals surface area contributed by atoms with Crippen molar-refractivity contribution in [1.82, 2.24) is 4.90 Å². The van der Waals surface area contributed by atoms with Gasteiger partial charge in [-0.3, -0.25) is 4.79 Å². The lowest BCUT2D eigenvalue weighted by Crippen LogP contribution is -2.51. The number of carbonyl (C=O) groups is 1. The van der Waals surface area contributed by atoms with E-state index in [0.29, 0.717) is 12.5 Å². The molecule has 3 nitrogen and oxygen atoms in total. The zero-order valence-electron chi connectivity index (χ0n) is 13.6. The van der Waals surface area contributed by atoms with Crippen molar-refractivity contribution in [1.29, 1.82) is 0 Å². The van der Waals surface area contributed by atoms with E-state index in [1.54, 1.807) is 12.1 Å². The molecule has 2 N–H and O–H groups in total. The first kappa shape index (κ1) is 16.9. The van der Waals surface area contributed by atoms with Gasteiger partial charge in [-0.2, -0.15) is 0 Å². The van der Waals surface area contributed by atoms with E-state index < -0.39 is 0 Å². The molecule has 1 aromatic carbocycles. The van der Waals surface area contributed by atoms with Crippen LogP contribution < -0.4 is 5.73 Å². The fourth-order valence-corrected chi connectivity index (χ4v) is 3.47. The predicted octanol–water partition coefficient (Wildman–Crippen LogP) is 2.98. The van der Waals surface area contributed by atoms with Crippen LogP contribution in [-0.4, -0.2) is 29.9 Å². The first-order chi connectivity index (χ1) is 10.5. The van der Waals surface area contributed by atoms with Crippen molar-refractivity contribution in [2.45, 2.75) is 45.6 Å². The van der Waals surface area contributed by atoms with Gasteiger partial charge >= 0.3 is 0 Å². The standard InChI is InChI=1S/C18H27FN2O/c1-3-15(4-2)18(22)21-11-14(10-17(20)12-21)8-13-6-5-7-16(19)9-13/h5-7,9,14-15,17H,3-4,8,10-12,20H2,1-2H3. The van der Waals surface area contributed by atoms with Gasteiger partial charge in [0.05, 0.1) is 0 Å². The number of hydrogen-bond acceptors (Lipinski definition) is 2. The van der Waals surface area contributed by atoms with Gasteiger partial charge in [0.2, 0.25) is 5.91 Å². The van der Waals surface area contributed by atoms with Crippen LogP contribution in [0.25, 0.3) is 0 Å². The molecule has 1 heterocycles. The van der Waals surface area contributed by atoms with Crippen LogP contribution in [0.5, 0.6) is 0 Å². The fourth-order valence-electron chi connectivity index (χ4n) is 3.47. The summed E-state index contributed by atoms with van der Waals surface area (Å²) in [5.41, 5.74) is 7.13. The van der Waals surface area contributed by atoms with E-state index in [1.807, 2.05) is 11.0 Å². The number of halogens is 1. The maximum absolute atomic E-state index is 13.3. The summed E-state index contributed by atoms with van der Waals surface area (Å²) < 4.78 is 13.3. The third-order valence-electron chi connectivity index (χ3n) is 4.63. The van der Waals surface area contributed by atoms with Crippen molar-refractivity contribution in [3.05, 3.63) is 35.6 Å². The van der Waals surface area contributed by atoms with Gasteiger partial charge in [-0.1, -0.05) is 26.0 Å². The van der Waals surface area contributed by atoms with E-state index >= 15 is 0 Å². The zero-order chi connectivity index (χ0) is 16.1.